The van der Waals surface area contributed by atoms with Crippen molar-refractivity contribution in [2.24, 2.45) is 0 Å². The van der Waals surface area contributed by atoms with E-state index < -0.39 is 0 Å². The van der Waals surface area contributed by atoms with E-state index in [2.05, 4.69) is 22.0 Å². The third-order valence-corrected chi connectivity index (χ3v) is 5.37. The van der Waals surface area contributed by atoms with Crippen molar-refractivity contribution >= 4 is 23.4 Å². The Hall–Kier alpha value is -3.15. The van der Waals surface area contributed by atoms with Crippen LogP contribution in [0.1, 0.15) is 66.6 Å². The van der Waals surface area contributed by atoms with Crippen molar-refractivity contribution < 1.29 is 14.4 Å². The highest BCUT2D eigenvalue weighted by Gasteiger charge is 2.14. The average molecular weight is 422 g/mol. The van der Waals surface area contributed by atoms with Gasteiger partial charge in [-0.1, -0.05) is 24.3 Å². The van der Waals surface area contributed by atoms with Gasteiger partial charge in [0.15, 0.2) is 5.78 Å². The second-order valence-corrected chi connectivity index (χ2v) is 8.34. The van der Waals surface area contributed by atoms with Gasteiger partial charge in [-0.3, -0.25) is 9.59 Å². The van der Waals surface area contributed by atoms with E-state index >= 15 is 0 Å². The molecular weight excluding hydrogens is 390 g/mol. The Morgan fingerprint density at radius 1 is 0.903 bits per heavy atom. The van der Waals surface area contributed by atoms with E-state index in [-0.39, 0.29) is 36.6 Å². The minimum Gasteiger partial charge on any atom is -0.352 e. The second-order valence-electron chi connectivity index (χ2n) is 8.34. The molecule has 1 aliphatic rings. The van der Waals surface area contributed by atoms with Crippen LogP contribution in [0.5, 0.6) is 0 Å². The van der Waals surface area contributed by atoms with Gasteiger partial charge in [0, 0.05) is 36.7 Å². The van der Waals surface area contributed by atoms with Crippen molar-refractivity contribution in [1.82, 2.24) is 10.6 Å². The fourth-order valence-electron chi connectivity index (χ4n) is 3.70. The standard InChI is InChI=1S/C25H31N3O3/c1-17(2)27-25(31)28-22-11-7-18(8-12-22)16-26-24(30)14-13-23(29)21-10-9-19-5-3-4-6-20(19)15-21/h7-12,15,17H,3-6,13-14,16H2,1-2H3,(H,26,30)(H2,27,28,31). The van der Waals surface area contributed by atoms with Gasteiger partial charge >= 0.3 is 6.03 Å². The smallest absolute Gasteiger partial charge is 0.319 e. The van der Waals surface area contributed by atoms with Gasteiger partial charge in [-0.15, -0.1) is 0 Å². The lowest BCUT2D eigenvalue weighted by Gasteiger charge is -2.16. The maximum Gasteiger partial charge on any atom is 0.319 e. The molecule has 0 fully saturated rings. The summed E-state index contributed by atoms with van der Waals surface area (Å²) in [5.41, 5.74) is 4.94. The zero-order chi connectivity index (χ0) is 22.2. The summed E-state index contributed by atoms with van der Waals surface area (Å²) in [6, 6.07) is 13.1. The zero-order valence-corrected chi connectivity index (χ0v) is 18.3. The predicted octanol–water partition coefficient (Wildman–Crippen LogP) is 4.37. The summed E-state index contributed by atoms with van der Waals surface area (Å²) in [5, 5.41) is 8.37. The highest BCUT2D eigenvalue weighted by molar-refractivity contribution is 5.98. The number of hydrogen-bond acceptors (Lipinski definition) is 3. The molecule has 31 heavy (non-hydrogen) atoms. The van der Waals surface area contributed by atoms with Crippen LogP contribution in [0.15, 0.2) is 42.5 Å². The van der Waals surface area contributed by atoms with E-state index in [1.165, 1.54) is 24.0 Å². The monoisotopic (exact) mass is 421 g/mol. The topological polar surface area (TPSA) is 87.3 Å². The number of rotatable bonds is 8. The normalized spacial score (nSPS) is 12.7. The van der Waals surface area contributed by atoms with Gasteiger partial charge in [0.1, 0.15) is 0 Å². The number of anilines is 1. The molecule has 0 unspecified atom stereocenters. The van der Waals surface area contributed by atoms with Crippen molar-refractivity contribution in [2.45, 2.75) is 65.0 Å². The molecule has 6 nitrogen and oxygen atoms in total. The molecule has 3 amide bonds. The molecule has 6 heteroatoms. The Labute approximate surface area is 183 Å². The third kappa shape index (κ3) is 6.95. The number of carbonyl (C=O) groups excluding carboxylic acids is 3. The number of nitrogens with one attached hydrogen (secondary N) is 3. The van der Waals surface area contributed by atoms with Gasteiger partial charge in [-0.25, -0.2) is 4.79 Å². The molecule has 2 aromatic carbocycles. The van der Waals surface area contributed by atoms with Crippen molar-refractivity contribution in [2.75, 3.05) is 5.32 Å². The first-order valence-corrected chi connectivity index (χ1v) is 11.0. The molecule has 0 aliphatic heterocycles. The molecular formula is C25H31N3O3. The van der Waals surface area contributed by atoms with Gasteiger partial charge in [-0.05, 0) is 74.4 Å². The van der Waals surface area contributed by atoms with Crippen LogP contribution in [-0.2, 0) is 24.2 Å². The summed E-state index contributed by atoms with van der Waals surface area (Å²) in [6.45, 7) is 4.17. The van der Waals surface area contributed by atoms with Crippen molar-refractivity contribution in [3.8, 4) is 0 Å². The van der Waals surface area contributed by atoms with Gasteiger partial charge in [0.25, 0.3) is 0 Å². The number of aryl methyl sites for hydroxylation is 2. The maximum atomic E-state index is 12.5. The van der Waals surface area contributed by atoms with E-state index in [4.69, 9.17) is 0 Å². The van der Waals surface area contributed by atoms with E-state index in [9.17, 15) is 14.4 Å². The number of carbonyl (C=O) groups is 3. The number of ketones is 1. The average Bonchev–Trinajstić information content (AvgIpc) is 2.76. The number of urea groups is 1. The van der Waals surface area contributed by atoms with Crippen molar-refractivity contribution in [3.63, 3.8) is 0 Å². The molecule has 0 bridgehead atoms. The van der Waals surface area contributed by atoms with Gasteiger partial charge in [0.05, 0.1) is 0 Å². The number of amides is 3. The molecule has 3 rings (SSSR count). The second kappa shape index (κ2) is 10.8. The van der Waals surface area contributed by atoms with Crippen LogP contribution in [0, 0.1) is 0 Å². The van der Waals surface area contributed by atoms with E-state index in [0.717, 1.165) is 18.4 Å². The summed E-state index contributed by atoms with van der Waals surface area (Å²) in [6.07, 6.45) is 4.90. The Kier molecular flexibility index (Phi) is 7.82. The van der Waals surface area contributed by atoms with Crippen molar-refractivity contribution in [1.29, 1.82) is 0 Å². The molecule has 2 aromatic rings. The lowest BCUT2D eigenvalue weighted by atomic mass is 9.89. The number of benzene rings is 2. The first-order chi connectivity index (χ1) is 14.9. The molecule has 1 aliphatic carbocycles. The fourth-order valence-corrected chi connectivity index (χ4v) is 3.70. The third-order valence-electron chi connectivity index (χ3n) is 5.37. The van der Waals surface area contributed by atoms with Crippen LogP contribution in [0.3, 0.4) is 0 Å². The van der Waals surface area contributed by atoms with Gasteiger partial charge in [0.2, 0.25) is 5.91 Å². The Morgan fingerprint density at radius 2 is 1.61 bits per heavy atom. The molecule has 0 radical (unpaired) electrons. The summed E-state index contributed by atoms with van der Waals surface area (Å²) in [5.74, 6) is -0.136. The van der Waals surface area contributed by atoms with Crippen LogP contribution < -0.4 is 16.0 Å². The van der Waals surface area contributed by atoms with E-state index in [1.54, 1.807) is 12.1 Å². The minimum absolute atomic E-state index is 0.0126. The van der Waals surface area contributed by atoms with Crippen LogP contribution in [0.25, 0.3) is 0 Å². The fraction of sp³-hybridized carbons (Fsp3) is 0.400. The molecule has 0 saturated heterocycles. The molecule has 0 spiro atoms. The highest BCUT2D eigenvalue weighted by atomic mass is 16.2. The summed E-state index contributed by atoms with van der Waals surface area (Å²) >= 11 is 0. The minimum atomic E-state index is -0.250. The Balaban J connectivity index is 1.42. The Morgan fingerprint density at radius 3 is 2.32 bits per heavy atom. The molecule has 0 aromatic heterocycles. The maximum absolute atomic E-state index is 12.5. The molecule has 164 valence electrons. The SMILES string of the molecule is CC(C)NC(=O)Nc1ccc(CNC(=O)CCC(=O)c2ccc3c(c2)CCCC3)cc1. The zero-order valence-electron chi connectivity index (χ0n) is 18.3. The molecule has 0 saturated carbocycles. The quantitative estimate of drug-likeness (QED) is 0.553. The first kappa shape index (κ1) is 22.5. The lowest BCUT2D eigenvalue weighted by Crippen LogP contribution is -2.34. The van der Waals surface area contributed by atoms with Crippen LogP contribution in [-0.4, -0.2) is 23.8 Å². The largest absolute Gasteiger partial charge is 0.352 e. The summed E-state index contributed by atoms with van der Waals surface area (Å²) in [7, 11) is 0. The highest BCUT2D eigenvalue weighted by Crippen LogP contribution is 2.23. The van der Waals surface area contributed by atoms with Gasteiger partial charge in [-0.2, -0.15) is 0 Å². The van der Waals surface area contributed by atoms with E-state index in [0.29, 0.717) is 17.8 Å². The molecule has 0 atom stereocenters. The first-order valence-electron chi connectivity index (χ1n) is 11.0. The van der Waals surface area contributed by atoms with Crippen molar-refractivity contribution in [3.05, 3.63) is 64.7 Å². The van der Waals surface area contributed by atoms with Crippen LogP contribution in [0.2, 0.25) is 0 Å². The molecule has 3 N–H and O–H groups in total. The summed E-state index contributed by atoms with van der Waals surface area (Å²) < 4.78 is 0. The number of hydrogen-bond donors (Lipinski definition) is 3. The van der Waals surface area contributed by atoms with Crippen LogP contribution in [0.4, 0.5) is 10.5 Å². The predicted molar refractivity (Wildman–Crippen MR) is 122 cm³/mol. The van der Waals surface area contributed by atoms with E-state index in [1.807, 2.05) is 38.1 Å². The number of Topliss-reactive ketones (excluding diaryl/α,β-unsaturated/α-hetero) is 1. The molecule has 0 heterocycles. The van der Waals surface area contributed by atoms with Gasteiger partial charge < -0.3 is 16.0 Å². The number of fused-ring (bicyclic) bond motifs is 1. The van der Waals surface area contributed by atoms with Crippen LogP contribution >= 0.6 is 0 Å². The Bertz CT molecular complexity index is 936. The lowest BCUT2D eigenvalue weighted by molar-refractivity contribution is -0.121. The summed E-state index contributed by atoms with van der Waals surface area (Å²) in [4.78, 5) is 36.4.